The van der Waals surface area contributed by atoms with Crippen LogP contribution in [0.2, 0.25) is 0 Å². The van der Waals surface area contributed by atoms with Gasteiger partial charge in [0.25, 0.3) is 0 Å². The van der Waals surface area contributed by atoms with Crippen molar-refractivity contribution in [1.82, 2.24) is 0 Å². The molecule has 134 valence electrons. The highest BCUT2D eigenvalue weighted by Crippen LogP contribution is 2.28. The predicted molar refractivity (Wildman–Crippen MR) is 108 cm³/mol. The lowest BCUT2D eigenvalue weighted by Gasteiger charge is -2.12. The normalized spacial score (nSPS) is 8.69. The van der Waals surface area contributed by atoms with Crippen molar-refractivity contribution in [3.63, 3.8) is 0 Å². The summed E-state index contributed by atoms with van der Waals surface area (Å²) in [5.41, 5.74) is 2.01. The predicted octanol–water partition coefficient (Wildman–Crippen LogP) is 5.02. The first-order chi connectivity index (χ1) is 12.7. The maximum atomic E-state index is 5.91. The Hall–Kier alpha value is -2.94. The van der Waals surface area contributed by atoms with Gasteiger partial charge in [-0.2, -0.15) is 0 Å². The van der Waals surface area contributed by atoms with Gasteiger partial charge in [-0.15, -0.1) is 6.42 Å². The van der Waals surface area contributed by atoms with Gasteiger partial charge < -0.3 is 9.47 Å². The van der Waals surface area contributed by atoms with Crippen molar-refractivity contribution in [2.75, 3.05) is 6.61 Å². The minimum absolute atomic E-state index is 0.707. The van der Waals surface area contributed by atoms with Crippen LogP contribution in [0.1, 0.15) is 56.6 Å². The van der Waals surface area contributed by atoms with Gasteiger partial charge in [-0.05, 0) is 61.3 Å². The third kappa shape index (κ3) is 8.78. The first kappa shape index (κ1) is 21.1. The van der Waals surface area contributed by atoms with Crippen molar-refractivity contribution in [1.29, 1.82) is 0 Å². The molecule has 0 N–H and O–H groups in total. The van der Waals surface area contributed by atoms with E-state index in [9.17, 15) is 0 Å². The van der Waals surface area contributed by atoms with Crippen LogP contribution in [0.3, 0.4) is 0 Å². The van der Waals surface area contributed by atoms with E-state index in [1.807, 2.05) is 26.0 Å². The molecule has 0 aliphatic rings. The van der Waals surface area contributed by atoms with Crippen molar-refractivity contribution in [3.05, 3.63) is 23.3 Å². The fraction of sp³-hybridized carbons (Fsp3) is 0.417. The molecule has 0 aliphatic heterocycles. The molecule has 1 aromatic rings. The molecule has 0 atom stereocenters. The Labute approximate surface area is 158 Å². The summed E-state index contributed by atoms with van der Waals surface area (Å²) in [6.07, 6.45) is 15.1. The van der Waals surface area contributed by atoms with E-state index >= 15 is 0 Å². The molecule has 2 nitrogen and oxygen atoms in total. The van der Waals surface area contributed by atoms with Gasteiger partial charge in [0.15, 0.2) is 0 Å². The van der Waals surface area contributed by atoms with Crippen LogP contribution in [0.5, 0.6) is 11.5 Å². The first-order valence-corrected chi connectivity index (χ1v) is 9.05. The molecule has 0 unspecified atom stereocenters. The minimum atomic E-state index is 0.707. The lowest BCUT2D eigenvalue weighted by atomic mass is 10.1. The van der Waals surface area contributed by atoms with Crippen molar-refractivity contribution >= 4 is 0 Å². The third-order valence-corrected chi connectivity index (χ3v) is 3.76. The number of hydrogen-bond donors (Lipinski definition) is 0. The molecule has 0 fully saturated rings. The Morgan fingerprint density at radius 1 is 0.808 bits per heavy atom. The second-order valence-corrected chi connectivity index (χ2v) is 5.97. The zero-order valence-electron chi connectivity index (χ0n) is 16.0. The molecule has 0 bridgehead atoms. The Kier molecular flexibility index (Phi) is 10.8. The molecule has 2 heteroatoms. The Morgan fingerprint density at radius 2 is 1.42 bits per heavy atom. The summed E-state index contributed by atoms with van der Waals surface area (Å²) < 4.78 is 11.4. The summed E-state index contributed by atoms with van der Waals surface area (Å²) in [5.74, 6) is 16.3. The first-order valence-electron chi connectivity index (χ1n) is 9.05. The van der Waals surface area contributed by atoms with Crippen LogP contribution in [0.25, 0.3) is 0 Å². The van der Waals surface area contributed by atoms with Gasteiger partial charge in [0.1, 0.15) is 17.6 Å². The number of unbranched alkanes of at least 4 members (excludes halogenated alkanes) is 5. The number of ether oxygens (including phenoxy) is 2. The number of benzene rings is 1. The van der Waals surface area contributed by atoms with Gasteiger partial charge in [-0.1, -0.05) is 39.0 Å². The van der Waals surface area contributed by atoms with Crippen LogP contribution < -0.4 is 9.47 Å². The summed E-state index contributed by atoms with van der Waals surface area (Å²) in [6.45, 7) is 6.96. The summed E-state index contributed by atoms with van der Waals surface area (Å²) >= 11 is 0. The lowest BCUT2D eigenvalue weighted by Crippen LogP contribution is -2.00. The van der Waals surface area contributed by atoms with E-state index < -0.39 is 0 Å². The van der Waals surface area contributed by atoms with Gasteiger partial charge in [0, 0.05) is 17.8 Å². The maximum Gasteiger partial charge on any atom is 0.143 e. The summed E-state index contributed by atoms with van der Waals surface area (Å²) in [4.78, 5) is 0. The average molecular weight is 346 g/mol. The molecular weight excluding hydrogens is 320 g/mol. The maximum absolute atomic E-state index is 5.91. The lowest BCUT2D eigenvalue weighted by molar-refractivity contribution is 0.302. The van der Waals surface area contributed by atoms with Gasteiger partial charge in [0.05, 0.1) is 6.61 Å². The van der Waals surface area contributed by atoms with Gasteiger partial charge in [0.2, 0.25) is 0 Å². The number of hydrogen-bond acceptors (Lipinski definition) is 2. The second-order valence-electron chi connectivity index (χ2n) is 5.97. The van der Waals surface area contributed by atoms with Crippen LogP contribution >= 0.6 is 0 Å². The summed E-state index contributed by atoms with van der Waals surface area (Å²) in [7, 11) is 0. The highest BCUT2D eigenvalue weighted by Gasteiger charge is 2.06. The average Bonchev–Trinajstić information content (AvgIpc) is 2.63. The molecule has 0 saturated carbocycles. The molecule has 0 heterocycles. The molecule has 0 amide bonds. The van der Waals surface area contributed by atoms with Gasteiger partial charge >= 0.3 is 0 Å². The summed E-state index contributed by atoms with van der Waals surface area (Å²) in [5, 5.41) is 0. The van der Waals surface area contributed by atoms with Crippen molar-refractivity contribution in [2.24, 2.45) is 0 Å². The van der Waals surface area contributed by atoms with Gasteiger partial charge in [-0.25, -0.2) is 0 Å². The van der Waals surface area contributed by atoms with Crippen LogP contribution in [0, 0.1) is 61.9 Å². The smallest absolute Gasteiger partial charge is 0.143 e. The van der Waals surface area contributed by atoms with Crippen LogP contribution in [0.4, 0.5) is 0 Å². The molecule has 0 saturated heterocycles. The zero-order valence-corrected chi connectivity index (χ0v) is 16.0. The topological polar surface area (TPSA) is 18.5 Å². The quantitative estimate of drug-likeness (QED) is 0.461. The zero-order chi connectivity index (χ0) is 19.0. The van der Waals surface area contributed by atoms with Crippen molar-refractivity contribution < 1.29 is 9.47 Å². The van der Waals surface area contributed by atoms with E-state index in [0.29, 0.717) is 5.75 Å². The third-order valence-electron chi connectivity index (χ3n) is 3.76. The molecule has 0 aromatic heterocycles. The van der Waals surface area contributed by atoms with Crippen LogP contribution in [0.15, 0.2) is 12.1 Å². The Morgan fingerprint density at radius 3 is 2.19 bits per heavy atom. The van der Waals surface area contributed by atoms with E-state index in [4.69, 9.17) is 15.9 Å². The Bertz CT molecular complexity index is 793. The van der Waals surface area contributed by atoms with E-state index in [0.717, 1.165) is 29.9 Å². The monoisotopic (exact) mass is 346 g/mol. The number of aryl methyl sites for hydroxylation is 2. The van der Waals surface area contributed by atoms with Crippen LogP contribution in [-0.4, -0.2) is 6.61 Å². The standard InChI is InChI=1S/C24H26O2/c1-5-7-9-11-13-15-17-25-23-19-22(4)24(20-21(23)3)26-18-16-14-12-10-8-6-2/h1,19-20H,6,8,10,12,14,16,18H2,2-4H3. The van der Waals surface area contributed by atoms with Crippen molar-refractivity contribution in [3.8, 4) is 59.6 Å². The van der Waals surface area contributed by atoms with Crippen LogP contribution in [-0.2, 0) is 0 Å². The van der Waals surface area contributed by atoms with Crippen molar-refractivity contribution in [2.45, 2.75) is 59.3 Å². The van der Waals surface area contributed by atoms with E-state index in [-0.39, 0.29) is 0 Å². The molecule has 26 heavy (non-hydrogen) atoms. The van der Waals surface area contributed by atoms with Gasteiger partial charge in [-0.3, -0.25) is 0 Å². The molecule has 1 rings (SSSR count). The number of rotatable bonds is 9. The largest absolute Gasteiger partial charge is 0.493 e. The van der Waals surface area contributed by atoms with E-state index in [2.05, 4.69) is 48.6 Å². The molecule has 0 spiro atoms. The highest BCUT2D eigenvalue weighted by molar-refractivity contribution is 5.46. The number of terminal acetylenes is 1. The molecule has 0 aliphatic carbocycles. The van der Waals surface area contributed by atoms with E-state index in [1.54, 1.807) is 0 Å². The molecule has 0 radical (unpaired) electrons. The fourth-order valence-corrected chi connectivity index (χ4v) is 2.33. The SMILES string of the molecule is C#CC#CC#CC#COc1cc(C)c(OCCCCCCCC)cc1C. The second kappa shape index (κ2) is 13.4. The van der Waals surface area contributed by atoms with E-state index in [1.165, 1.54) is 32.1 Å². The molecular formula is C24H26O2. The minimum Gasteiger partial charge on any atom is -0.493 e. The molecule has 1 aromatic carbocycles. The fourth-order valence-electron chi connectivity index (χ4n) is 2.33. The summed E-state index contributed by atoms with van der Waals surface area (Å²) in [6, 6.07) is 3.93. The highest BCUT2D eigenvalue weighted by atomic mass is 16.5. The Balaban J connectivity index is 2.50.